The molecule has 0 radical (unpaired) electrons. The lowest BCUT2D eigenvalue weighted by Crippen LogP contribution is -2.13. The van der Waals surface area contributed by atoms with Crippen LogP contribution in [0.1, 0.15) is 18.5 Å². The Morgan fingerprint density at radius 2 is 2.24 bits per heavy atom. The van der Waals surface area contributed by atoms with Gasteiger partial charge in [-0.2, -0.15) is 4.98 Å². The molecule has 2 rings (SSSR count). The zero-order chi connectivity index (χ0) is 12.3. The highest BCUT2D eigenvalue weighted by Gasteiger charge is 2.13. The van der Waals surface area contributed by atoms with Crippen LogP contribution >= 0.6 is 0 Å². The molecule has 6 nitrogen and oxygen atoms in total. The summed E-state index contributed by atoms with van der Waals surface area (Å²) in [4.78, 5) is 8.21. The van der Waals surface area contributed by atoms with Crippen molar-refractivity contribution in [2.75, 3.05) is 7.05 Å². The Bertz CT molecular complexity index is 496. The first kappa shape index (κ1) is 11.5. The molecule has 0 aliphatic heterocycles. The Labute approximate surface area is 99.7 Å². The third-order valence-corrected chi connectivity index (χ3v) is 2.47. The average Bonchev–Trinajstić information content (AvgIpc) is 2.74. The highest BCUT2D eigenvalue weighted by molar-refractivity contribution is 5.30. The van der Waals surface area contributed by atoms with Gasteiger partial charge < -0.3 is 10.1 Å². The number of nitrogens with one attached hydrogen (secondary N) is 1. The van der Waals surface area contributed by atoms with Crippen LogP contribution < -0.4 is 10.1 Å². The van der Waals surface area contributed by atoms with Gasteiger partial charge in [0, 0.05) is 24.8 Å². The Morgan fingerprint density at radius 3 is 2.88 bits per heavy atom. The second-order valence-electron chi connectivity index (χ2n) is 3.71. The van der Waals surface area contributed by atoms with E-state index in [0.29, 0.717) is 11.9 Å². The molecule has 0 aliphatic carbocycles. The van der Waals surface area contributed by atoms with Crippen LogP contribution in [0.4, 0.5) is 0 Å². The lowest BCUT2D eigenvalue weighted by molar-refractivity contribution is 0.411. The summed E-state index contributed by atoms with van der Waals surface area (Å²) in [6.07, 6.45) is 3.27. The van der Waals surface area contributed by atoms with Crippen LogP contribution in [0.3, 0.4) is 0 Å². The third-order valence-electron chi connectivity index (χ3n) is 2.47. The number of pyridine rings is 1. The first-order valence-corrected chi connectivity index (χ1v) is 5.36. The van der Waals surface area contributed by atoms with Crippen molar-refractivity contribution >= 4 is 0 Å². The van der Waals surface area contributed by atoms with E-state index >= 15 is 0 Å². The molecule has 2 aromatic heterocycles. The molecule has 1 N–H and O–H groups in total. The largest absolute Gasteiger partial charge is 0.404 e. The molecule has 0 aliphatic rings. The van der Waals surface area contributed by atoms with Crippen LogP contribution in [0.2, 0.25) is 0 Å². The number of hydrogen-bond acceptors (Lipinski definition) is 5. The number of rotatable bonds is 4. The maximum absolute atomic E-state index is 5.56. The molecule has 0 spiro atoms. The normalized spacial score (nSPS) is 12.4. The molecular weight excluding hydrogens is 218 g/mol. The molecule has 2 aromatic rings. The molecule has 6 heteroatoms. The summed E-state index contributed by atoms with van der Waals surface area (Å²) in [5, 5.41) is 7.20. The fourth-order valence-corrected chi connectivity index (χ4v) is 1.43. The molecular formula is C11H15N5O. The van der Waals surface area contributed by atoms with E-state index < -0.39 is 0 Å². The summed E-state index contributed by atoms with van der Waals surface area (Å²) < 4.78 is 7.14. The summed E-state index contributed by atoms with van der Waals surface area (Å²) in [6, 6.07) is 4.30. The highest BCUT2D eigenvalue weighted by atomic mass is 16.5. The fourth-order valence-electron chi connectivity index (χ4n) is 1.43. The number of nitrogens with zero attached hydrogens (tertiary/aromatic N) is 4. The summed E-state index contributed by atoms with van der Waals surface area (Å²) in [6.45, 7) is 2.04. The molecule has 0 saturated carbocycles. The van der Waals surface area contributed by atoms with Crippen LogP contribution in [-0.2, 0) is 7.05 Å². The fraction of sp³-hybridized carbons (Fsp3) is 0.364. The van der Waals surface area contributed by atoms with Crippen molar-refractivity contribution in [3.05, 3.63) is 30.2 Å². The average molecular weight is 233 g/mol. The van der Waals surface area contributed by atoms with Gasteiger partial charge in [0.25, 0.3) is 0 Å². The predicted molar refractivity (Wildman–Crippen MR) is 62.8 cm³/mol. The summed E-state index contributed by atoms with van der Waals surface area (Å²) in [5.41, 5.74) is 0.974. The Hall–Kier alpha value is -1.95. The minimum absolute atomic E-state index is 0.155. The molecule has 17 heavy (non-hydrogen) atoms. The number of hydrogen-bond donors (Lipinski definition) is 1. The predicted octanol–water partition coefficient (Wildman–Crippen LogP) is 1.28. The van der Waals surface area contributed by atoms with Crippen LogP contribution in [0.5, 0.6) is 11.9 Å². The van der Waals surface area contributed by atoms with Crippen molar-refractivity contribution in [3.63, 3.8) is 0 Å². The molecule has 0 fully saturated rings. The molecule has 0 bridgehead atoms. The van der Waals surface area contributed by atoms with E-state index in [1.807, 2.05) is 26.1 Å². The van der Waals surface area contributed by atoms with Crippen LogP contribution in [0.25, 0.3) is 0 Å². The zero-order valence-electron chi connectivity index (χ0n) is 10.1. The van der Waals surface area contributed by atoms with Crippen LogP contribution in [0.15, 0.2) is 24.7 Å². The zero-order valence-corrected chi connectivity index (χ0v) is 10.1. The van der Waals surface area contributed by atoms with Gasteiger partial charge in [-0.1, -0.05) is 6.07 Å². The van der Waals surface area contributed by atoms with Crippen molar-refractivity contribution < 1.29 is 4.74 Å². The van der Waals surface area contributed by atoms with E-state index in [9.17, 15) is 0 Å². The molecule has 1 unspecified atom stereocenters. The topological polar surface area (TPSA) is 64.9 Å². The van der Waals surface area contributed by atoms with Gasteiger partial charge in [0.05, 0.1) is 0 Å². The van der Waals surface area contributed by atoms with Gasteiger partial charge in [0.1, 0.15) is 6.33 Å². The van der Waals surface area contributed by atoms with E-state index in [2.05, 4.69) is 20.4 Å². The molecule has 2 heterocycles. The molecule has 0 amide bonds. The van der Waals surface area contributed by atoms with E-state index in [4.69, 9.17) is 4.74 Å². The van der Waals surface area contributed by atoms with Crippen LogP contribution in [-0.4, -0.2) is 26.8 Å². The maximum atomic E-state index is 5.56. The number of aryl methyl sites for hydroxylation is 1. The van der Waals surface area contributed by atoms with Crippen molar-refractivity contribution in [3.8, 4) is 11.9 Å². The van der Waals surface area contributed by atoms with Gasteiger partial charge >= 0.3 is 6.01 Å². The van der Waals surface area contributed by atoms with E-state index in [1.165, 1.54) is 0 Å². The minimum atomic E-state index is 0.155. The molecule has 1 atom stereocenters. The smallest absolute Gasteiger partial charge is 0.342 e. The first-order valence-electron chi connectivity index (χ1n) is 5.36. The maximum Gasteiger partial charge on any atom is 0.342 e. The Balaban J connectivity index is 2.26. The first-order chi connectivity index (χ1) is 8.20. The van der Waals surface area contributed by atoms with Gasteiger partial charge in [0.15, 0.2) is 0 Å². The third kappa shape index (κ3) is 2.59. The second-order valence-corrected chi connectivity index (χ2v) is 3.71. The van der Waals surface area contributed by atoms with Gasteiger partial charge in [-0.25, -0.2) is 4.98 Å². The number of ether oxygens (including phenoxy) is 1. The monoisotopic (exact) mass is 233 g/mol. The lowest BCUT2D eigenvalue weighted by atomic mass is 10.1. The second kappa shape index (κ2) is 4.92. The summed E-state index contributed by atoms with van der Waals surface area (Å²) in [5.74, 6) is 0.528. The van der Waals surface area contributed by atoms with E-state index in [1.54, 1.807) is 24.3 Å². The van der Waals surface area contributed by atoms with Gasteiger partial charge in [0.2, 0.25) is 5.88 Å². The van der Waals surface area contributed by atoms with E-state index in [-0.39, 0.29) is 6.04 Å². The quantitative estimate of drug-likeness (QED) is 0.861. The molecule has 0 aromatic carbocycles. The van der Waals surface area contributed by atoms with Crippen molar-refractivity contribution in [2.24, 2.45) is 7.05 Å². The molecule has 0 saturated heterocycles. The van der Waals surface area contributed by atoms with Gasteiger partial charge in [-0.15, -0.1) is 5.10 Å². The standard InChI is InChI=1S/C11H15N5O/c1-8(12-2)9-5-4-6-13-10(9)17-11-14-7-16(3)15-11/h4-8,12H,1-3H3. The SMILES string of the molecule is CNC(C)c1cccnc1Oc1ncn(C)n1. The Kier molecular flexibility index (Phi) is 3.34. The summed E-state index contributed by atoms with van der Waals surface area (Å²) >= 11 is 0. The molecule has 90 valence electrons. The lowest BCUT2D eigenvalue weighted by Gasteiger charge is -2.13. The van der Waals surface area contributed by atoms with E-state index in [0.717, 1.165) is 5.56 Å². The van der Waals surface area contributed by atoms with Crippen molar-refractivity contribution in [1.82, 2.24) is 25.1 Å². The number of aromatic nitrogens is 4. The van der Waals surface area contributed by atoms with Crippen molar-refractivity contribution in [1.29, 1.82) is 0 Å². The summed E-state index contributed by atoms with van der Waals surface area (Å²) in [7, 11) is 3.68. The van der Waals surface area contributed by atoms with Gasteiger partial charge in [-0.3, -0.25) is 4.68 Å². The van der Waals surface area contributed by atoms with Gasteiger partial charge in [-0.05, 0) is 20.0 Å². The van der Waals surface area contributed by atoms with Crippen LogP contribution in [0, 0.1) is 0 Å². The van der Waals surface area contributed by atoms with Crippen molar-refractivity contribution in [2.45, 2.75) is 13.0 Å². The highest BCUT2D eigenvalue weighted by Crippen LogP contribution is 2.24. The minimum Gasteiger partial charge on any atom is -0.404 e. The Morgan fingerprint density at radius 1 is 1.41 bits per heavy atom.